The first-order valence-corrected chi connectivity index (χ1v) is 18.5. The quantitative estimate of drug-likeness (QED) is 0.119. The van der Waals surface area contributed by atoms with E-state index in [4.69, 9.17) is 9.47 Å². The topological polar surface area (TPSA) is 125 Å². The van der Waals surface area contributed by atoms with E-state index in [9.17, 15) is 24.3 Å². The van der Waals surface area contributed by atoms with E-state index < -0.39 is 66.1 Å². The summed E-state index contributed by atoms with van der Waals surface area (Å²) in [7, 11) is 0. The van der Waals surface area contributed by atoms with Crippen LogP contribution >= 0.6 is 15.9 Å². The van der Waals surface area contributed by atoms with Gasteiger partial charge in [0.25, 0.3) is 0 Å². The number of amides is 3. The van der Waals surface area contributed by atoms with Crippen LogP contribution in [-0.2, 0) is 35.2 Å². The van der Waals surface area contributed by atoms with E-state index in [1.807, 2.05) is 91.0 Å². The van der Waals surface area contributed by atoms with E-state index in [-0.39, 0.29) is 36.9 Å². The lowest BCUT2D eigenvalue weighted by atomic mass is 9.70. The average molecular weight is 771 g/mol. The number of halogens is 1. The second kappa shape index (κ2) is 16.4. The van der Waals surface area contributed by atoms with Gasteiger partial charge in [0.1, 0.15) is 18.2 Å². The van der Waals surface area contributed by atoms with Crippen molar-refractivity contribution < 1.29 is 33.8 Å². The minimum atomic E-state index is -1.37. The maximum Gasteiger partial charge on any atom is 0.306 e. The molecule has 10 nitrogen and oxygen atoms in total. The maximum atomic E-state index is 15.0. The Labute approximate surface area is 312 Å². The van der Waals surface area contributed by atoms with Crippen LogP contribution in [-0.4, -0.2) is 80.9 Å². The van der Waals surface area contributed by atoms with Crippen molar-refractivity contribution >= 4 is 39.6 Å². The van der Waals surface area contributed by atoms with Gasteiger partial charge < -0.3 is 29.7 Å². The van der Waals surface area contributed by atoms with Crippen molar-refractivity contribution in [1.82, 2.24) is 15.1 Å². The third-order valence-electron chi connectivity index (χ3n) is 10.3. The number of hydrogen-bond acceptors (Lipinski definition) is 7. The molecule has 2 N–H and O–H groups in total. The van der Waals surface area contributed by atoms with Crippen LogP contribution in [0, 0.1) is 11.8 Å². The maximum absolute atomic E-state index is 15.0. The number of aliphatic hydroxyl groups excluding tert-OH is 1. The van der Waals surface area contributed by atoms with Crippen LogP contribution in [0.2, 0.25) is 0 Å². The molecule has 0 saturated carbocycles. The zero-order valence-electron chi connectivity index (χ0n) is 28.9. The number of likely N-dealkylation sites (tertiary alicyclic amines) is 1. The molecule has 3 amide bonds. The highest BCUT2D eigenvalue weighted by molar-refractivity contribution is 9.09. The van der Waals surface area contributed by atoms with Crippen LogP contribution in [0.1, 0.15) is 48.0 Å². The number of nitrogens with one attached hydrogen (secondary N) is 1. The van der Waals surface area contributed by atoms with Gasteiger partial charge in [0.15, 0.2) is 0 Å². The highest BCUT2D eigenvalue weighted by atomic mass is 79.9. The standard InChI is InChI=1S/C41H44BrN3O7/c1-3-5-21-33(47)51-26-31(28-17-11-7-12-18-28)43-38(48)34-35-39(49)45(32(25-46)29-19-13-8-14-20-29)37(41(35)23-30(42)36(34)52-41)40(50)44(22-4-2)24-27-15-9-6-10-16-27/h3-4,6-20,30-32,34-37,46H,1-2,5,21-26H2,(H,43,48)/t30?,31-,32+,34-,35+,36-,37-,41+/m0/s1. The molecule has 2 bridgehead atoms. The zero-order valence-corrected chi connectivity index (χ0v) is 30.5. The first-order chi connectivity index (χ1) is 25.2. The normalized spacial score (nSPS) is 25.5. The Bertz CT molecular complexity index is 1760. The molecule has 3 aromatic carbocycles. The summed E-state index contributed by atoms with van der Waals surface area (Å²) in [6.45, 7) is 7.45. The molecule has 3 aromatic rings. The number of ether oxygens (including phenoxy) is 2. The van der Waals surface area contributed by atoms with Gasteiger partial charge in [0.2, 0.25) is 17.7 Å². The molecule has 3 fully saturated rings. The van der Waals surface area contributed by atoms with Crippen molar-refractivity contribution in [2.75, 3.05) is 19.8 Å². The summed E-state index contributed by atoms with van der Waals surface area (Å²) in [4.78, 5) is 59.7. The number of fused-ring (bicyclic) bond motifs is 1. The van der Waals surface area contributed by atoms with Gasteiger partial charge in [-0.15, -0.1) is 13.2 Å². The predicted octanol–water partition coefficient (Wildman–Crippen LogP) is 5.05. The largest absolute Gasteiger partial charge is 0.463 e. The number of hydrogen-bond donors (Lipinski definition) is 2. The van der Waals surface area contributed by atoms with E-state index in [1.165, 1.54) is 4.90 Å². The van der Waals surface area contributed by atoms with Gasteiger partial charge >= 0.3 is 5.97 Å². The molecule has 272 valence electrons. The third-order valence-corrected chi connectivity index (χ3v) is 11.2. The van der Waals surface area contributed by atoms with E-state index in [0.717, 1.165) is 11.1 Å². The van der Waals surface area contributed by atoms with Crippen molar-refractivity contribution in [1.29, 1.82) is 0 Å². The molecule has 52 heavy (non-hydrogen) atoms. The lowest BCUT2D eigenvalue weighted by molar-refractivity contribution is -0.151. The van der Waals surface area contributed by atoms with Crippen LogP contribution in [0.3, 0.4) is 0 Å². The second-order valence-electron chi connectivity index (χ2n) is 13.5. The molecule has 3 aliphatic rings. The Kier molecular flexibility index (Phi) is 11.7. The fourth-order valence-electron chi connectivity index (χ4n) is 8.02. The van der Waals surface area contributed by atoms with Crippen molar-refractivity contribution in [3.63, 3.8) is 0 Å². The van der Waals surface area contributed by atoms with Gasteiger partial charge in [-0.3, -0.25) is 19.2 Å². The van der Waals surface area contributed by atoms with E-state index >= 15 is 0 Å². The summed E-state index contributed by atoms with van der Waals surface area (Å²) in [5.74, 6) is -3.67. The van der Waals surface area contributed by atoms with Gasteiger partial charge in [0.05, 0.1) is 36.6 Å². The number of nitrogens with zero attached hydrogens (tertiary/aromatic N) is 2. The fourth-order valence-corrected chi connectivity index (χ4v) is 8.96. The molecule has 8 atom stereocenters. The minimum Gasteiger partial charge on any atom is -0.463 e. The molecule has 0 radical (unpaired) electrons. The fraction of sp³-hybridized carbons (Fsp3) is 0.366. The summed E-state index contributed by atoms with van der Waals surface area (Å²) < 4.78 is 12.4. The molecule has 11 heteroatoms. The monoisotopic (exact) mass is 769 g/mol. The van der Waals surface area contributed by atoms with Crippen molar-refractivity contribution in [3.05, 3.63) is 133 Å². The summed E-state index contributed by atoms with van der Waals surface area (Å²) in [6, 6.07) is 25.1. The van der Waals surface area contributed by atoms with Gasteiger partial charge in [-0.25, -0.2) is 0 Å². The predicted molar refractivity (Wildman–Crippen MR) is 199 cm³/mol. The number of rotatable bonds is 16. The molecule has 0 aliphatic carbocycles. The molecule has 3 saturated heterocycles. The molecule has 1 spiro atoms. The van der Waals surface area contributed by atoms with Gasteiger partial charge in [-0.05, 0) is 29.5 Å². The van der Waals surface area contributed by atoms with Crippen LogP contribution in [0.5, 0.6) is 0 Å². The third kappa shape index (κ3) is 7.22. The SMILES string of the molecule is C=CCCC(=O)OC[C@H](NC(=O)[C@@H]1[C@H]2O[C@@]3(CC2Br)[C@H](C(=O)N(CC=C)Cc2ccccc2)N([C@H](CO)c2ccccc2)C(=O)[C@@H]13)c1ccccc1. The highest BCUT2D eigenvalue weighted by Gasteiger charge is 2.77. The minimum absolute atomic E-state index is 0.116. The van der Waals surface area contributed by atoms with E-state index in [1.54, 1.807) is 17.1 Å². The number of carbonyl (C=O) groups is 4. The van der Waals surface area contributed by atoms with Crippen LogP contribution in [0.25, 0.3) is 0 Å². The number of aliphatic hydroxyl groups is 1. The Morgan fingerprint density at radius 2 is 1.63 bits per heavy atom. The lowest BCUT2D eigenvalue weighted by Gasteiger charge is -2.39. The van der Waals surface area contributed by atoms with E-state index in [0.29, 0.717) is 18.4 Å². The van der Waals surface area contributed by atoms with Crippen molar-refractivity contribution in [2.24, 2.45) is 11.8 Å². The van der Waals surface area contributed by atoms with Gasteiger partial charge in [0, 0.05) is 24.3 Å². The number of carbonyl (C=O) groups excluding carboxylic acids is 4. The molecule has 6 rings (SSSR count). The van der Waals surface area contributed by atoms with Crippen molar-refractivity contribution in [3.8, 4) is 0 Å². The first kappa shape index (κ1) is 37.2. The number of allylic oxidation sites excluding steroid dienone is 1. The lowest BCUT2D eigenvalue weighted by Crippen LogP contribution is -2.57. The molecule has 3 heterocycles. The van der Waals surface area contributed by atoms with Gasteiger partial charge in [-0.2, -0.15) is 0 Å². The number of alkyl halides is 1. The summed E-state index contributed by atoms with van der Waals surface area (Å²) >= 11 is 3.75. The van der Waals surface area contributed by atoms with Crippen LogP contribution in [0.4, 0.5) is 0 Å². The Morgan fingerprint density at radius 3 is 2.25 bits per heavy atom. The summed E-state index contributed by atoms with van der Waals surface area (Å²) in [5.41, 5.74) is 0.902. The van der Waals surface area contributed by atoms with Crippen LogP contribution in [0.15, 0.2) is 116 Å². The average Bonchev–Trinajstić information content (AvgIpc) is 3.76. The second-order valence-corrected chi connectivity index (χ2v) is 14.7. The highest BCUT2D eigenvalue weighted by Crippen LogP contribution is 2.61. The Hall–Kier alpha value is -4.58. The molecular weight excluding hydrogens is 726 g/mol. The van der Waals surface area contributed by atoms with E-state index in [2.05, 4.69) is 34.4 Å². The molecule has 1 unspecified atom stereocenters. The Morgan fingerprint density at radius 1 is 1.00 bits per heavy atom. The summed E-state index contributed by atoms with van der Waals surface area (Å²) in [5, 5.41) is 13.9. The van der Waals surface area contributed by atoms with Gasteiger partial charge in [-0.1, -0.05) is 119 Å². The molecular formula is C41H44BrN3O7. The number of esters is 1. The number of benzene rings is 3. The van der Waals surface area contributed by atoms with Crippen LogP contribution < -0.4 is 5.32 Å². The van der Waals surface area contributed by atoms with Crippen molar-refractivity contribution in [2.45, 2.75) is 60.5 Å². The summed E-state index contributed by atoms with van der Waals surface area (Å²) in [6.07, 6.45) is 3.48. The smallest absolute Gasteiger partial charge is 0.306 e. The molecule has 0 aromatic heterocycles. The zero-order chi connectivity index (χ0) is 36.8. The Balaban J connectivity index is 1.37. The first-order valence-electron chi connectivity index (χ1n) is 17.6. The molecule has 3 aliphatic heterocycles.